The fourth-order valence-corrected chi connectivity index (χ4v) is 3.85. The molecule has 0 aliphatic heterocycles. The molecular formula is C17H22N4O2S. The standard InChI is InChI=1S/C17H22N4O2S/c1-23-16(22)14-9-7-12(8-10-14)11-24-17-20-19-15(21(17)18)13-5-3-2-4-6-13/h7-10,13H,2-6,11,18H2,1H3. The summed E-state index contributed by atoms with van der Waals surface area (Å²) in [5.74, 6) is 7.92. The van der Waals surface area contributed by atoms with E-state index in [0.29, 0.717) is 11.5 Å². The van der Waals surface area contributed by atoms with Crippen LogP contribution in [-0.4, -0.2) is 28.0 Å². The summed E-state index contributed by atoms with van der Waals surface area (Å²) >= 11 is 1.55. The summed E-state index contributed by atoms with van der Waals surface area (Å²) in [5.41, 5.74) is 1.64. The summed E-state index contributed by atoms with van der Waals surface area (Å²) in [7, 11) is 1.38. The Bertz CT molecular complexity index is 693. The lowest BCUT2D eigenvalue weighted by molar-refractivity contribution is 0.0600. The van der Waals surface area contributed by atoms with Crippen molar-refractivity contribution in [2.75, 3.05) is 13.0 Å². The fraction of sp³-hybridized carbons (Fsp3) is 0.471. The van der Waals surface area contributed by atoms with Crippen LogP contribution in [0.2, 0.25) is 0 Å². The molecule has 7 heteroatoms. The van der Waals surface area contributed by atoms with Gasteiger partial charge in [-0.15, -0.1) is 10.2 Å². The van der Waals surface area contributed by atoms with E-state index in [1.807, 2.05) is 12.1 Å². The van der Waals surface area contributed by atoms with Gasteiger partial charge in [0.25, 0.3) is 0 Å². The van der Waals surface area contributed by atoms with Gasteiger partial charge in [-0.3, -0.25) is 0 Å². The van der Waals surface area contributed by atoms with Crippen LogP contribution in [0.5, 0.6) is 0 Å². The van der Waals surface area contributed by atoms with Gasteiger partial charge in [0.2, 0.25) is 5.16 Å². The number of hydrogen-bond acceptors (Lipinski definition) is 6. The second-order valence-electron chi connectivity index (χ2n) is 6.02. The second-order valence-corrected chi connectivity index (χ2v) is 6.97. The van der Waals surface area contributed by atoms with Gasteiger partial charge in [0.05, 0.1) is 12.7 Å². The highest BCUT2D eigenvalue weighted by molar-refractivity contribution is 7.98. The SMILES string of the molecule is COC(=O)c1ccc(CSc2nnc(C3CCCCC3)n2N)cc1. The number of ether oxygens (including phenoxy) is 1. The van der Waals surface area contributed by atoms with E-state index in [9.17, 15) is 4.79 Å². The predicted octanol–water partition coefficient (Wildman–Crippen LogP) is 3.12. The van der Waals surface area contributed by atoms with Crippen molar-refractivity contribution >= 4 is 17.7 Å². The summed E-state index contributed by atoms with van der Waals surface area (Å²) < 4.78 is 6.34. The molecule has 1 saturated carbocycles. The van der Waals surface area contributed by atoms with E-state index >= 15 is 0 Å². The van der Waals surface area contributed by atoms with Crippen LogP contribution in [-0.2, 0) is 10.5 Å². The van der Waals surface area contributed by atoms with Crippen LogP contribution in [0.1, 0.15) is 59.8 Å². The Balaban J connectivity index is 1.62. The molecule has 1 aromatic heterocycles. The number of nitrogens with two attached hydrogens (primary N) is 1. The number of carbonyl (C=O) groups is 1. The molecule has 0 spiro atoms. The van der Waals surface area contributed by atoms with E-state index in [-0.39, 0.29) is 5.97 Å². The summed E-state index contributed by atoms with van der Waals surface area (Å²) in [6, 6.07) is 7.36. The molecular weight excluding hydrogens is 324 g/mol. The smallest absolute Gasteiger partial charge is 0.337 e. The van der Waals surface area contributed by atoms with E-state index in [1.54, 1.807) is 28.6 Å². The molecule has 128 valence electrons. The number of esters is 1. The number of rotatable bonds is 5. The summed E-state index contributed by atoms with van der Waals surface area (Å²) in [6.07, 6.45) is 6.08. The number of methoxy groups -OCH3 is 1. The Kier molecular flexibility index (Phi) is 5.40. The number of carbonyl (C=O) groups excluding carboxylic acids is 1. The highest BCUT2D eigenvalue weighted by atomic mass is 32.2. The van der Waals surface area contributed by atoms with Crippen LogP contribution in [0.25, 0.3) is 0 Å². The lowest BCUT2D eigenvalue weighted by Crippen LogP contribution is -2.18. The van der Waals surface area contributed by atoms with Crippen molar-refractivity contribution in [3.8, 4) is 0 Å². The van der Waals surface area contributed by atoms with Crippen molar-refractivity contribution in [2.24, 2.45) is 0 Å². The zero-order valence-corrected chi connectivity index (χ0v) is 14.6. The first-order valence-electron chi connectivity index (χ1n) is 8.19. The third-order valence-electron chi connectivity index (χ3n) is 4.40. The van der Waals surface area contributed by atoms with Gasteiger partial charge in [0.1, 0.15) is 0 Å². The quantitative estimate of drug-likeness (QED) is 0.509. The molecule has 0 saturated heterocycles. The normalized spacial score (nSPS) is 15.4. The van der Waals surface area contributed by atoms with Crippen LogP contribution in [0, 0.1) is 0 Å². The van der Waals surface area contributed by atoms with E-state index < -0.39 is 0 Å². The first-order valence-corrected chi connectivity index (χ1v) is 9.18. The molecule has 1 aliphatic carbocycles. The van der Waals surface area contributed by atoms with Gasteiger partial charge in [0.15, 0.2) is 5.82 Å². The van der Waals surface area contributed by atoms with Gasteiger partial charge in [-0.2, -0.15) is 0 Å². The van der Waals surface area contributed by atoms with Crippen LogP contribution >= 0.6 is 11.8 Å². The molecule has 1 fully saturated rings. The van der Waals surface area contributed by atoms with Gasteiger partial charge in [-0.1, -0.05) is 43.2 Å². The lowest BCUT2D eigenvalue weighted by Gasteiger charge is -2.20. The Morgan fingerprint density at radius 3 is 2.62 bits per heavy atom. The highest BCUT2D eigenvalue weighted by Crippen LogP contribution is 2.32. The molecule has 1 heterocycles. The number of thioether (sulfide) groups is 1. The van der Waals surface area contributed by atoms with E-state index in [0.717, 1.165) is 35.1 Å². The van der Waals surface area contributed by atoms with Crippen molar-refractivity contribution in [3.05, 3.63) is 41.2 Å². The lowest BCUT2D eigenvalue weighted by atomic mass is 9.89. The molecule has 1 aromatic carbocycles. The molecule has 0 bridgehead atoms. The first-order chi connectivity index (χ1) is 11.7. The maximum Gasteiger partial charge on any atom is 0.337 e. The topological polar surface area (TPSA) is 83.0 Å². The van der Waals surface area contributed by atoms with Gasteiger partial charge in [-0.25, -0.2) is 9.47 Å². The number of aromatic nitrogens is 3. The van der Waals surface area contributed by atoms with Crippen LogP contribution in [0.15, 0.2) is 29.4 Å². The minimum absolute atomic E-state index is 0.326. The predicted molar refractivity (Wildman–Crippen MR) is 93.3 cm³/mol. The molecule has 1 aliphatic rings. The zero-order valence-electron chi connectivity index (χ0n) is 13.8. The van der Waals surface area contributed by atoms with E-state index in [1.165, 1.54) is 26.4 Å². The van der Waals surface area contributed by atoms with Crippen LogP contribution < -0.4 is 5.84 Å². The van der Waals surface area contributed by atoms with Crippen molar-refractivity contribution in [1.29, 1.82) is 0 Å². The zero-order chi connectivity index (χ0) is 16.9. The Morgan fingerprint density at radius 1 is 1.25 bits per heavy atom. The second kappa shape index (κ2) is 7.70. The van der Waals surface area contributed by atoms with Crippen molar-refractivity contribution in [2.45, 2.75) is 48.9 Å². The summed E-state index contributed by atoms with van der Waals surface area (Å²) in [5, 5.41) is 9.28. The first kappa shape index (κ1) is 16.8. The van der Waals surface area contributed by atoms with Gasteiger partial charge in [-0.05, 0) is 30.5 Å². The molecule has 6 nitrogen and oxygen atoms in total. The average Bonchev–Trinajstić information content (AvgIpc) is 3.01. The average molecular weight is 346 g/mol. The molecule has 0 radical (unpaired) electrons. The molecule has 0 atom stereocenters. The number of nitrogen functional groups attached to an aromatic ring is 1. The van der Waals surface area contributed by atoms with Crippen molar-refractivity contribution in [1.82, 2.24) is 14.9 Å². The minimum atomic E-state index is -0.326. The minimum Gasteiger partial charge on any atom is -0.465 e. The van der Waals surface area contributed by atoms with Gasteiger partial charge in [0, 0.05) is 11.7 Å². The fourth-order valence-electron chi connectivity index (χ4n) is 3.03. The summed E-state index contributed by atoms with van der Waals surface area (Å²) in [4.78, 5) is 11.4. The largest absolute Gasteiger partial charge is 0.465 e. The van der Waals surface area contributed by atoms with Gasteiger partial charge >= 0.3 is 5.97 Å². The molecule has 2 N–H and O–H groups in total. The van der Waals surface area contributed by atoms with Crippen LogP contribution in [0.4, 0.5) is 0 Å². The Labute approximate surface area is 145 Å². The number of hydrogen-bond donors (Lipinski definition) is 1. The molecule has 24 heavy (non-hydrogen) atoms. The third-order valence-corrected chi connectivity index (χ3v) is 5.42. The van der Waals surface area contributed by atoms with Crippen molar-refractivity contribution in [3.63, 3.8) is 0 Å². The van der Waals surface area contributed by atoms with E-state index in [4.69, 9.17) is 10.6 Å². The number of benzene rings is 1. The summed E-state index contributed by atoms with van der Waals surface area (Å²) in [6.45, 7) is 0. The molecule has 0 amide bonds. The Hall–Kier alpha value is -2.02. The van der Waals surface area contributed by atoms with Crippen LogP contribution in [0.3, 0.4) is 0 Å². The Morgan fingerprint density at radius 2 is 1.96 bits per heavy atom. The van der Waals surface area contributed by atoms with E-state index in [2.05, 4.69) is 10.2 Å². The number of nitrogens with zero attached hydrogens (tertiary/aromatic N) is 3. The maximum atomic E-state index is 11.4. The highest BCUT2D eigenvalue weighted by Gasteiger charge is 2.22. The monoisotopic (exact) mass is 346 g/mol. The van der Waals surface area contributed by atoms with Gasteiger partial charge < -0.3 is 10.6 Å². The molecule has 3 rings (SSSR count). The maximum absolute atomic E-state index is 11.4. The third kappa shape index (κ3) is 3.72. The molecule has 2 aromatic rings. The van der Waals surface area contributed by atoms with Crippen molar-refractivity contribution < 1.29 is 9.53 Å². The molecule has 0 unspecified atom stereocenters.